The summed E-state index contributed by atoms with van der Waals surface area (Å²) in [4.78, 5) is 14.8. The fourth-order valence-corrected chi connectivity index (χ4v) is 2.51. The highest BCUT2D eigenvalue weighted by Gasteiger charge is 2.26. The lowest BCUT2D eigenvalue weighted by molar-refractivity contribution is -0.138. The van der Waals surface area contributed by atoms with Crippen LogP contribution in [0.15, 0.2) is 24.3 Å². The fourth-order valence-electron chi connectivity index (χ4n) is 2.51. The molecule has 5 heteroatoms. The molecule has 0 saturated carbocycles. The number of carboxylic acids is 1. The SMILES string of the molecule is CN(CC(=O)O)C1CCN(Cc2ccc(F)cc2)C1. The maximum absolute atomic E-state index is 12.8. The van der Waals surface area contributed by atoms with Gasteiger partial charge in [-0.1, -0.05) is 12.1 Å². The van der Waals surface area contributed by atoms with Crippen molar-refractivity contribution in [3.05, 3.63) is 35.6 Å². The number of aliphatic carboxylic acids is 1. The van der Waals surface area contributed by atoms with Gasteiger partial charge < -0.3 is 5.11 Å². The maximum Gasteiger partial charge on any atom is 0.317 e. The molecule has 1 aromatic rings. The first-order valence-electron chi connectivity index (χ1n) is 6.43. The summed E-state index contributed by atoms with van der Waals surface area (Å²) in [6.07, 6.45) is 0.977. The van der Waals surface area contributed by atoms with E-state index in [0.29, 0.717) is 0 Å². The van der Waals surface area contributed by atoms with Gasteiger partial charge in [0.2, 0.25) is 0 Å². The zero-order chi connectivity index (χ0) is 13.8. The van der Waals surface area contributed by atoms with Gasteiger partial charge in [-0.3, -0.25) is 14.6 Å². The van der Waals surface area contributed by atoms with Gasteiger partial charge in [-0.25, -0.2) is 4.39 Å². The van der Waals surface area contributed by atoms with E-state index < -0.39 is 5.97 Å². The predicted molar refractivity (Wildman–Crippen MR) is 70.3 cm³/mol. The molecule has 0 aliphatic carbocycles. The topological polar surface area (TPSA) is 43.8 Å². The second kappa shape index (κ2) is 6.12. The molecular weight excluding hydrogens is 247 g/mol. The van der Waals surface area contributed by atoms with Crippen molar-refractivity contribution in [3.8, 4) is 0 Å². The van der Waals surface area contributed by atoms with E-state index in [1.54, 1.807) is 12.1 Å². The summed E-state index contributed by atoms with van der Waals surface area (Å²) < 4.78 is 12.8. The molecule has 1 aliphatic heterocycles. The molecule has 0 radical (unpaired) electrons. The molecule has 0 spiro atoms. The monoisotopic (exact) mass is 266 g/mol. The van der Waals surface area contributed by atoms with E-state index in [-0.39, 0.29) is 18.4 Å². The summed E-state index contributed by atoms with van der Waals surface area (Å²) >= 11 is 0. The van der Waals surface area contributed by atoms with Crippen molar-refractivity contribution in [3.63, 3.8) is 0 Å². The highest BCUT2D eigenvalue weighted by atomic mass is 19.1. The summed E-state index contributed by atoms with van der Waals surface area (Å²) in [6.45, 7) is 2.68. The normalized spacial score (nSPS) is 20.1. The Morgan fingerprint density at radius 2 is 2.16 bits per heavy atom. The zero-order valence-corrected chi connectivity index (χ0v) is 11.1. The third-order valence-electron chi connectivity index (χ3n) is 3.57. The van der Waals surface area contributed by atoms with Crippen molar-refractivity contribution in [2.45, 2.75) is 19.0 Å². The first-order chi connectivity index (χ1) is 9.04. The Morgan fingerprint density at radius 1 is 1.47 bits per heavy atom. The van der Waals surface area contributed by atoms with E-state index in [2.05, 4.69) is 4.90 Å². The van der Waals surface area contributed by atoms with Crippen LogP contribution in [0.5, 0.6) is 0 Å². The molecule has 0 amide bonds. The molecule has 1 atom stereocenters. The number of nitrogens with zero attached hydrogens (tertiary/aromatic N) is 2. The molecule has 19 heavy (non-hydrogen) atoms. The van der Waals surface area contributed by atoms with E-state index in [4.69, 9.17) is 5.11 Å². The van der Waals surface area contributed by atoms with Crippen LogP contribution >= 0.6 is 0 Å². The van der Waals surface area contributed by atoms with Crippen LogP contribution in [0.3, 0.4) is 0 Å². The summed E-state index contributed by atoms with van der Waals surface area (Å²) in [7, 11) is 1.85. The van der Waals surface area contributed by atoms with E-state index in [1.165, 1.54) is 12.1 Å². The third kappa shape index (κ3) is 4.01. The average molecular weight is 266 g/mol. The second-order valence-corrected chi connectivity index (χ2v) is 5.11. The van der Waals surface area contributed by atoms with Gasteiger partial charge in [-0.2, -0.15) is 0 Å². The molecule has 1 heterocycles. The van der Waals surface area contributed by atoms with Crippen LogP contribution in [0.1, 0.15) is 12.0 Å². The summed E-state index contributed by atoms with van der Waals surface area (Å²) in [5.74, 6) is -1.01. The Hall–Kier alpha value is -1.46. The number of carbonyl (C=O) groups is 1. The van der Waals surface area contributed by atoms with Crippen LogP contribution < -0.4 is 0 Å². The summed E-state index contributed by atoms with van der Waals surface area (Å²) in [6, 6.07) is 6.82. The lowest BCUT2D eigenvalue weighted by atomic mass is 10.2. The molecular formula is C14H19FN2O2. The number of halogens is 1. The van der Waals surface area contributed by atoms with Gasteiger partial charge in [-0.15, -0.1) is 0 Å². The minimum Gasteiger partial charge on any atom is -0.480 e. The quantitative estimate of drug-likeness (QED) is 0.875. The first-order valence-corrected chi connectivity index (χ1v) is 6.43. The molecule has 1 unspecified atom stereocenters. The maximum atomic E-state index is 12.8. The molecule has 1 aromatic carbocycles. The molecule has 0 bridgehead atoms. The molecule has 0 aromatic heterocycles. The Bertz CT molecular complexity index is 436. The first kappa shape index (κ1) is 14.0. The van der Waals surface area contributed by atoms with Crippen molar-refractivity contribution in [1.82, 2.24) is 9.80 Å². The lowest BCUT2D eigenvalue weighted by Gasteiger charge is -2.23. The Balaban J connectivity index is 1.85. The standard InChI is InChI=1S/C14H19FN2O2/c1-16(10-14(18)19)13-6-7-17(9-13)8-11-2-4-12(15)5-3-11/h2-5,13H,6-10H2,1H3,(H,18,19). The Labute approximate surface area is 112 Å². The molecule has 2 rings (SSSR count). The molecule has 1 aliphatic rings. The highest BCUT2D eigenvalue weighted by molar-refractivity contribution is 5.69. The van der Waals surface area contributed by atoms with Crippen LogP contribution in [0.2, 0.25) is 0 Å². The van der Waals surface area contributed by atoms with Gasteiger partial charge in [0.1, 0.15) is 5.82 Å². The van der Waals surface area contributed by atoms with Crippen LogP contribution in [0.4, 0.5) is 4.39 Å². The van der Waals surface area contributed by atoms with Crippen molar-refractivity contribution in [2.75, 3.05) is 26.7 Å². The predicted octanol–water partition coefficient (Wildman–Crippen LogP) is 1.42. The lowest BCUT2D eigenvalue weighted by Crippen LogP contribution is -2.37. The smallest absolute Gasteiger partial charge is 0.317 e. The van der Waals surface area contributed by atoms with Gasteiger partial charge in [0.25, 0.3) is 0 Å². The number of benzene rings is 1. The van der Waals surface area contributed by atoms with Crippen LogP contribution in [0, 0.1) is 5.82 Å². The fraction of sp³-hybridized carbons (Fsp3) is 0.500. The second-order valence-electron chi connectivity index (χ2n) is 5.11. The van der Waals surface area contributed by atoms with E-state index in [1.807, 2.05) is 11.9 Å². The molecule has 1 saturated heterocycles. The van der Waals surface area contributed by atoms with Crippen LogP contribution in [0.25, 0.3) is 0 Å². The molecule has 1 fully saturated rings. The minimum atomic E-state index is -0.792. The van der Waals surface area contributed by atoms with Crippen LogP contribution in [-0.4, -0.2) is 53.6 Å². The Kier molecular flexibility index (Phi) is 4.50. The molecule has 104 valence electrons. The number of rotatable bonds is 5. The van der Waals surface area contributed by atoms with Gasteiger partial charge >= 0.3 is 5.97 Å². The van der Waals surface area contributed by atoms with Crippen molar-refractivity contribution >= 4 is 5.97 Å². The number of hydrogen-bond acceptors (Lipinski definition) is 3. The number of carboxylic acid groups (broad SMARTS) is 1. The number of likely N-dealkylation sites (tertiary alicyclic amines) is 1. The van der Waals surface area contributed by atoms with Gasteiger partial charge in [0.05, 0.1) is 6.54 Å². The number of likely N-dealkylation sites (N-methyl/N-ethyl adjacent to an activating group) is 1. The molecule has 4 nitrogen and oxygen atoms in total. The van der Waals surface area contributed by atoms with E-state index in [9.17, 15) is 9.18 Å². The number of hydrogen-bond donors (Lipinski definition) is 1. The highest BCUT2D eigenvalue weighted by Crippen LogP contribution is 2.17. The van der Waals surface area contributed by atoms with Crippen LogP contribution in [-0.2, 0) is 11.3 Å². The minimum absolute atomic E-state index is 0.0784. The van der Waals surface area contributed by atoms with E-state index in [0.717, 1.165) is 31.6 Å². The average Bonchev–Trinajstić information content (AvgIpc) is 2.80. The largest absolute Gasteiger partial charge is 0.480 e. The third-order valence-corrected chi connectivity index (χ3v) is 3.57. The van der Waals surface area contributed by atoms with E-state index >= 15 is 0 Å². The van der Waals surface area contributed by atoms with Crippen molar-refractivity contribution < 1.29 is 14.3 Å². The molecule has 1 N–H and O–H groups in total. The summed E-state index contributed by atoms with van der Waals surface area (Å²) in [5, 5.41) is 8.78. The van der Waals surface area contributed by atoms with Gasteiger partial charge in [0.15, 0.2) is 0 Å². The Morgan fingerprint density at radius 3 is 2.79 bits per heavy atom. The van der Waals surface area contributed by atoms with Crippen molar-refractivity contribution in [2.24, 2.45) is 0 Å². The van der Waals surface area contributed by atoms with Crippen molar-refractivity contribution in [1.29, 1.82) is 0 Å². The summed E-state index contributed by atoms with van der Waals surface area (Å²) in [5.41, 5.74) is 1.09. The van der Waals surface area contributed by atoms with Gasteiger partial charge in [0, 0.05) is 25.7 Å². The van der Waals surface area contributed by atoms with Gasteiger partial charge in [-0.05, 0) is 31.2 Å². The zero-order valence-electron chi connectivity index (χ0n) is 11.1.